The van der Waals surface area contributed by atoms with E-state index >= 15 is 0 Å². The van der Waals surface area contributed by atoms with Crippen LogP contribution in [0.25, 0.3) is 76.2 Å². The Morgan fingerprint density at radius 2 is 0.864 bits per heavy atom. The van der Waals surface area contributed by atoms with Crippen LogP contribution in [0.2, 0.25) is 0 Å². The van der Waals surface area contributed by atoms with Gasteiger partial charge in [0.2, 0.25) is 0 Å². The minimum Gasteiger partial charge on any atom is -0.454 e. The molecule has 2 aromatic heterocycles. The average molecular weight is 855 g/mol. The van der Waals surface area contributed by atoms with Crippen molar-refractivity contribution in [3.63, 3.8) is 0 Å². The summed E-state index contributed by atoms with van der Waals surface area (Å²) in [5.41, 5.74) is 16.1. The van der Waals surface area contributed by atoms with Crippen LogP contribution >= 0.6 is 0 Å². The lowest BCUT2D eigenvalue weighted by atomic mass is 9.82. The van der Waals surface area contributed by atoms with Crippen LogP contribution in [0.3, 0.4) is 0 Å². The van der Waals surface area contributed by atoms with E-state index in [9.17, 15) is 0 Å². The van der Waals surface area contributed by atoms with Crippen LogP contribution in [-0.2, 0) is 0 Å². The fourth-order valence-electron chi connectivity index (χ4n) is 11.5. The Bertz CT molecular complexity index is 3650. The van der Waals surface area contributed by atoms with Crippen molar-refractivity contribution in [1.29, 1.82) is 0 Å². The quantitative estimate of drug-likeness (QED) is 0.150. The molecule has 0 N–H and O–H groups in total. The molecular formula is C62H50N2O2. The molecule has 1 saturated carbocycles. The molecular weight excluding hydrogens is 805 g/mol. The number of benzene rings is 10. The Morgan fingerprint density at radius 3 is 1.38 bits per heavy atom. The number of nitrogens with zero attached hydrogens (tertiary/aromatic N) is 2. The van der Waals surface area contributed by atoms with Crippen molar-refractivity contribution < 1.29 is 8.83 Å². The van der Waals surface area contributed by atoms with Gasteiger partial charge in [0.05, 0.1) is 22.7 Å². The van der Waals surface area contributed by atoms with E-state index in [4.69, 9.17) is 8.83 Å². The molecule has 12 aromatic rings. The normalized spacial score (nSPS) is 13.7. The first-order chi connectivity index (χ1) is 32.4. The summed E-state index contributed by atoms with van der Waals surface area (Å²) in [4.78, 5) is 4.97. The molecule has 1 aliphatic rings. The summed E-state index contributed by atoms with van der Waals surface area (Å²) >= 11 is 0. The van der Waals surface area contributed by atoms with E-state index in [1.54, 1.807) is 0 Å². The molecule has 0 saturated heterocycles. The maximum absolute atomic E-state index is 6.93. The summed E-state index contributed by atoms with van der Waals surface area (Å²) in [7, 11) is 0. The van der Waals surface area contributed by atoms with Gasteiger partial charge in [-0.3, -0.25) is 0 Å². The Labute approximate surface area is 384 Å². The largest absolute Gasteiger partial charge is 0.454 e. The number of aryl methyl sites for hydroxylation is 4. The van der Waals surface area contributed by atoms with E-state index < -0.39 is 0 Å². The van der Waals surface area contributed by atoms with E-state index in [0.29, 0.717) is 5.92 Å². The molecule has 0 spiro atoms. The summed E-state index contributed by atoms with van der Waals surface area (Å²) in [6.45, 7) is 8.85. The second-order valence-electron chi connectivity index (χ2n) is 18.9. The first kappa shape index (κ1) is 38.9. The molecule has 10 aromatic carbocycles. The van der Waals surface area contributed by atoms with E-state index in [2.05, 4.69) is 201 Å². The number of furan rings is 2. The fraction of sp³-hybridized carbons (Fsp3) is 0.161. The number of hydrogen-bond donors (Lipinski definition) is 0. The Kier molecular flexibility index (Phi) is 8.83. The molecule has 4 heteroatoms. The van der Waals surface area contributed by atoms with Crippen molar-refractivity contribution in [2.45, 2.75) is 65.7 Å². The Morgan fingerprint density at radius 1 is 0.379 bits per heavy atom. The predicted octanol–water partition coefficient (Wildman–Crippen LogP) is 18.6. The molecule has 1 fully saturated rings. The third kappa shape index (κ3) is 5.97. The maximum atomic E-state index is 6.93. The van der Waals surface area contributed by atoms with Crippen molar-refractivity contribution in [2.75, 3.05) is 9.80 Å². The summed E-state index contributed by atoms with van der Waals surface area (Å²) in [6.07, 6.45) is 6.48. The second-order valence-corrected chi connectivity index (χ2v) is 18.9. The van der Waals surface area contributed by atoms with E-state index in [-0.39, 0.29) is 0 Å². The van der Waals surface area contributed by atoms with Crippen molar-refractivity contribution in [3.8, 4) is 0 Å². The highest BCUT2D eigenvalue weighted by molar-refractivity contribution is 6.29. The number of rotatable bonds is 7. The monoisotopic (exact) mass is 854 g/mol. The van der Waals surface area contributed by atoms with Gasteiger partial charge in [0.25, 0.3) is 0 Å². The molecule has 320 valence electrons. The predicted molar refractivity (Wildman–Crippen MR) is 279 cm³/mol. The lowest BCUT2D eigenvalue weighted by Gasteiger charge is -2.33. The van der Waals surface area contributed by atoms with Gasteiger partial charge >= 0.3 is 0 Å². The van der Waals surface area contributed by atoms with Crippen molar-refractivity contribution in [3.05, 3.63) is 192 Å². The standard InChI is InChI=1S/C62H50N2O2/c1-37-24-26-39(3)53(32-37)63(51-20-12-18-47-45-16-8-10-22-57(45)65-61(47)51)55-36-56(50-31-29-43-35-44(41-14-6-5-7-15-41)34-42-28-30-49(55)60(50)59(42)43)64(54-33-38(2)25-27-40(54)4)52-21-13-19-48-46-17-9-11-23-58(46)66-62(48)52/h8-13,16-36,41H,5-7,14-15H2,1-4H3. The van der Waals surface area contributed by atoms with Crippen LogP contribution in [0, 0.1) is 27.7 Å². The minimum absolute atomic E-state index is 0.597. The molecule has 66 heavy (non-hydrogen) atoms. The summed E-state index contributed by atoms with van der Waals surface area (Å²) in [5.74, 6) is 0.597. The van der Waals surface area contributed by atoms with Gasteiger partial charge in [-0.25, -0.2) is 0 Å². The highest BCUT2D eigenvalue weighted by Crippen LogP contribution is 2.54. The molecule has 0 unspecified atom stereocenters. The first-order valence-electron chi connectivity index (χ1n) is 23.7. The summed E-state index contributed by atoms with van der Waals surface area (Å²) in [6, 6.07) is 60.7. The lowest BCUT2D eigenvalue weighted by molar-refractivity contribution is 0.444. The fourth-order valence-corrected chi connectivity index (χ4v) is 11.5. The zero-order valence-electron chi connectivity index (χ0n) is 37.9. The number of anilines is 6. The van der Waals surface area contributed by atoms with Crippen LogP contribution in [0.15, 0.2) is 173 Å². The van der Waals surface area contributed by atoms with Crippen molar-refractivity contribution in [1.82, 2.24) is 0 Å². The highest BCUT2D eigenvalue weighted by atomic mass is 16.3. The molecule has 0 amide bonds. The first-order valence-corrected chi connectivity index (χ1v) is 23.7. The van der Waals surface area contributed by atoms with Crippen LogP contribution in [-0.4, -0.2) is 0 Å². The van der Waals surface area contributed by atoms with Gasteiger partial charge in [-0.05, 0) is 133 Å². The van der Waals surface area contributed by atoms with E-state index in [1.807, 2.05) is 0 Å². The van der Waals surface area contributed by atoms with Crippen LogP contribution in [0.5, 0.6) is 0 Å². The van der Waals surface area contributed by atoms with Gasteiger partial charge in [-0.15, -0.1) is 0 Å². The van der Waals surface area contributed by atoms with Crippen molar-refractivity contribution in [2.24, 2.45) is 0 Å². The van der Waals surface area contributed by atoms with Crippen LogP contribution in [0.1, 0.15) is 65.8 Å². The van der Waals surface area contributed by atoms with Crippen LogP contribution < -0.4 is 9.80 Å². The Hall–Kier alpha value is -7.56. The number of para-hydroxylation sites is 4. The van der Waals surface area contributed by atoms with Crippen LogP contribution in [0.4, 0.5) is 34.1 Å². The molecule has 0 aliphatic heterocycles. The van der Waals surface area contributed by atoms with E-state index in [1.165, 1.54) is 92.2 Å². The van der Waals surface area contributed by atoms with E-state index in [0.717, 1.165) is 78.0 Å². The van der Waals surface area contributed by atoms with Gasteiger partial charge in [0, 0.05) is 49.1 Å². The zero-order valence-corrected chi connectivity index (χ0v) is 37.9. The molecule has 4 nitrogen and oxygen atoms in total. The third-order valence-electron chi connectivity index (χ3n) is 14.7. The average Bonchev–Trinajstić information content (AvgIpc) is 3.93. The third-order valence-corrected chi connectivity index (χ3v) is 14.7. The number of hydrogen-bond acceptors (Lipinski definition) is 4. The highest BCUT2D eigenvalue weighted by Gasteiger charge is 2.29. The summed E-state index contributed by atoms with van der Waals surface area (Å²) < 4.78 is 13.9. The van der Waals surface area contributed by atoms with Gasteiger partial charge in [0.1, 0.15) is 11.2 Å². The lowest BCUT2D eigenvalue weighted by Crippen LogP contribution is -2.16. The second kappa shape index (κ2) is 15.0. The van der Waals surface area contributed by atoms with Gasteiger partial charge in [0.15, 0.2) is 11.2 Å². The molecule has 0 atom stereocenters. The number of fused-ring (bicyclic) bond motifs is 6. The smallest absolute Gasteiger partial charge is 0.159 e. The topological polar surface area (TPSA) is 32.8 Å². The Balaban J connectivity index is 1.20. The molecule has 1 aliphatic carbocycles. The maximum Gasteiger partial charge on any atom is 0.159 e. The zero-order chi connectivity index (χ0) is 44.2. The SMILES string of the molecule is Cc1ccc(C)c(N(c2cc(N(c3cc(C)ccc3C)c3cccc4c3oc3ccccc34)c3ccc4cc(C5CCCCC5)cc5ccc2c3c54)c2cccc3c2oc2ccccc23)c1. The van der Waals surface area contributed by atoms with Gasteiger partial charge < -0.3 is 18.6 Å². The molecule has 2 heterocycles. The summed E-state index contributed by atoms with van der Waals surface area (Å²) in [5, 5.41) is 11.9. The molecule has 0 bridgehead atoms. The molecule has 13 rings (SSSR count). The molecule has 0 radical (unpaired) electrons. The van der Waals surface area contributed by atoms with Gasteiger partial charge in [-0.2, -0.15) is 0 Å². The van der Waals surface area contributed by atoms with Crippen molar-refractivity contribution >= 4 is 110 Å². The van der Waals surface area contributed by atoms with Gasteiger partial charge in [-0.1, -0.05) is 141 Å². The minimum atomic E-state index is 0.597.